The lowest BCUT2D eigenvalue weighted by Crippen LogP contribution is -1.89. The molecule has 0 unspecified atom stereocenters. The van der Waals surface area contributed by atoms with Crippen LogP contribution in [0.5, 0.6) is 0 Å². The smallest absolute Gasteiger partial charge is 0.131 e. The Labute approximate surface area is 73.8 Å². The first kappa shape index (κ1) is 7.98. The molecule has 2 aromatic carbocycles. The van der Waals surface area contributed by atoms with E-state index in [2.05, 4.69) is 0 Å². The molecule has 2 rings (SSSR count). The van der Waals surface area contributed by atoms with E-state index in [1.165, 1.54) is 24.3 Å². The first-order valence-corrected chi connectivity index (χ1v) is 3.82. The maximum atomic E-state index is 13.1. The van der Waals surface area contributed by atoms with Gasteiger partial charge in [0.25, 0.3) is 0 Å². The SMILES string of the molecule is Nc1ccc(F)c2cc(F)ccc12. The van der Waals surface area contributed by atoms with Gasteiger partial charge >= 0.3 is 0 Å². The van der Waals surface area contributed by atoms with Gasteiger partial charge in [0.05, 0.1) is 0 Å². The van der Waals surface area contributed by atoms with E-state index >= 15 is 0 Å². The summed E-state index contributed by atoms with van der Waals surface area (Å²) in [6.07, 6.45) is 0. The minimum atomic E-state index is -0.461. The Morgan fingerprint density at radius 3 is 2.46 bits per heavy atom. The van der Waals surface area contributed by atoms with Crippen LogP contribution in [0.1, 0.15) is 0 Å². The summed E-state index contributed by atoms with van der Waals surface area (Å²) < 4.78 is 25.9. The fourth-order valence-corrected chi connectivity index (χ4v) is 1.31. The topological polar surface area (TPSA) is 26.0 Å². The maximum Gasteiger partial charge on any atom is 0.131 e. The fraction of sp³-hybridized carbons (Fsp3) is 0. The Kier molecular flexibility index (Phi) is 1.65. The number of anilines is 1. The standard InChI is InChI=1S/C10H7F2N/c11-6-1-2-7-8(5-6)9(12)3-4-10(7)13/h1-5H,13H2. The molecule has 0 fully saturated rings. The van der Waals surface area contributed by atoms with E-state index in [-0.39, 0.29) is 5.39 Å². The average molecular weight is 179 g/mol. The van der Waals surface area contributed by atoms with Crippen LogP contribution < -0.4 is 5.73 Å². The second-order valence-corrected chi connectivity index (χ2v) is 2.83. The molecule has 0 spiro atoms. The summed E-state index contributed by atoms with van der Waals surface area (Å²) in [5, 5.41) is 0.765. The second kappa shape index (κ2) is 2.69. The molecule has 2 N–H and O–H groups in total. The van der Waals surface area contributed by atoms with Gasteiger partial charge in [-0.3, -0.25) is 0 Å². The summed E-state index contributed by atoms with van der Waals surface area (Å²) in [5.41, 5.74) is 6.04. The van der Waals surface area contributed by atoms with Crippen molar-refractivity contribution in [2.24, 2.45) is 0 Å². The van der Waals surface area contributed by atoms with Crippen LogP contribution in [0.4, 0.5) is 14.5 Å². The number of nitrogen functional groups attached to an aromatic ring is 1. The van der Waals surface area contributed by atoms with E-state index in [1.807, 2.05) is 0 Å². The molecule has 1 nitrogen and oxygen atoms in total. The fourth-order valence-electron chi connectivity index (χ4n) is 1.31. The van der Waals surface area contributed by atoms with Gasteiger partial charge in [-0.25, -0.2) is 8.78 Å². The molecule has 0 aromatic heterocycles. The van der Waals surface area contributed by atoms with Gasteiger partial charge in [0, 0.05) is 16.5 Å². The molecule has 13 heavy (non-hydrogen) atoms. The third-order valence-electron chi connectivity index (χ3n) is 1.96. The van der Waals surface area contributed by atoms with Crippen LogP contribution in [0, 0.1) is 11.6 Å². The summed E-state index contributed by atoms with van der Waals surface area (Å²) in [6.45, 7) is 0. The lowest BCUT2D eigenvalue weighted by molar-refractivity contribution is 0.622. The van der Waals surface area contributed by atoms with Gasteiger partial charge in [-0.2, -0.15) is 0 Å². The molecular weight excluding hydrogens is 172 g/mol. The third-order valence-corrected chi connectivity index (χ3v) is 1.96. The van der Waals surface area contributed by atoms with Gasteiger partial charge in [0.2, 0.25) is 0 Å². The Bertz CT molecular complexity index is 466. The number of fused-ring (bicyclic) bond motifs is 1. The van der Waals surface area contributed by atoms with E-state index in [1.54, 1.807) is 0 Å². The van der Waals surface area contributed by atoms with Crippen molar-refractivity contribution in [1.29, 1.82) is 0 Å². The van der Waals surface area contributed by atoms with Gasteiger partial charge in [-0.1, -0.05) is 0 Å². The molecule has 0 aliphatic heterocycles. The summed E-state index contributed by atoms with van der Waals surface area (Å²) in [7, 11) is 0. The molecule has 0 bridgehead atoms. The molecule has 0 heterocycles. The van der Waals surface area contributed by atoms with Crippen molar-refractivity contribution in [3.8, 4) is 0 Å². The highest BCUT2D eigenvalue weighted by Gasteiger charge is 2.04. The summed E-state index contributed by atoms with van der Waals surface area (Å²) in [4.78, 5) is 0. The molecule has 2 aromatic rings. The predicted octanol–water partition coefficient (Wildman–Crippen LogP) is 2.70. The van der Waals surface area contributed by atoms with Gasteiger partial charge in [0.15, 0.2) is 0 Å². The number of hydrogen-bond donors (Lipinski definition) is 1. The van der Waals surface area contributed by atoms with Gasteiger partial charge in [-0.05, 0) is 30.3 Å². The van der Waals surface area contributed by atoms with Crippen molar-refractivity contribution >= 4 is 16.5 Å². The minimum Gasteiger partial charge on any atom is -0.398 e. The third kappa shape index (κ3) is 1.22. The summed E-state index contributed by atoms with van der Waals surface area (Å²) >= 11 is 0. The second-order valence-electron chi connectivity index (χ2n) is 2.83. The van der Waals surface area contributed by atoms with E-state index in [0.717, 1.165) is 6.07 Å². The van der Waals surface area contributed by atoms with Crippen LogP contribution in [0.3, 0.4) is 0 Å². The molecule has 0 saturated heterocycles. The van der Waals surface area contributed by atoms with Crippen LogP contribution in [0.25, 0.3) is 10.8 Å². The number of rotatable bonds is 0. The summed E-state index contributed by atoms with van der Waals surface area (Å²) in [5.74, 6) is -0.916. The van der Waals surface area contributed by atoms with Crippen molar-refractivity contribution in [3.63, 3.8) is 0 Å². The monoisotopic (exact) mass is 179 g/mol. The van der Waals surface area contributed by atoms with Gasteiger partial charge in [0.1, 0.15) is 11.6 Å². The number of hydrogen-bond acceptors (Lipinski definition) is 1. The Morgan fingerprint density at radius 1 is 0.923 bits per heavy atom. The molecule has 0 aliphatic rings. The first-order chi connectivity index (χ1) is 6.18. The van der Waals surface area contributed by atoms with Gasteiger partial charge < -0.3 is 5.73 Å². The Hall–Kier alpha value is -1.64. The molecule has 66 valence electrons. The Morgan fingerprint density at radius 2 is 1.69 bits per heavy atom. The quantitative estimate of drug-likeness (QED) is 0.618. The molecule has 0 saturated carbocycles. The first-order valence-electron chi connectivity index (χ1n) is 3.82. The molecule has 3 heteroatoms. The predicted molar refractivity (Wildman–Crippen MR) is 48.3 cm³/mol. The van der Waals surface area contributed by atoms with Crippen LogP contribution >= 0.6 is 0 Å². The van der Waals surface area contributed by atoms with Crippen molar-refractivity contribution in [2.75, 3.05) is 5.73 Å². The summed E-state index contributed by atoms with van der Waals surface area (Å²) in [6, 6.07) is 6.58. The largest absolute Gasteiger partial charge is 0.398 e. The highest BCUT2D eigenvalue weighted by atomic mass is 19.1. The molecule has 0 atom stereocenters. The zero-order valence-electron chi connectivity index (χ0n) is 6.72. The van der Waals surface area contributed by atoms with Crippen LogP contribution in [-0.4, -0.2) is 0 Å². The molecule has 0 radical (unpaired) electrons. The minimum absolute atomic E-state index is 0.222. The van der Waals surface area contributed by atoms with Crippen LogP contribution in [0.2, 0.25) is 0 Å². The van der Waals surface area contributed by atoms with E-state index < -0.39 is 11.6 Å². The van der Waals surface area contributed by atoms with Crippen molar-refractivity contribution in [2.45, 2.75) is 0 Å². The van der Waals surface area contributed by atoms with E-state index in [9.17, 15) is 8.78 Å². The lowest BCUT2D eigenvalue weighted by atomic mass is 10.1. The normalized spacial score (nSPS) is 10.6. The van der Waals surface area contributed by atoms with Crippen LogP contribution in [-0.2, 0) is 0 Å². The van der Waals surface area contributed by atoms with Crippen molar-refractivity contribution in [3.05, 3.63) is 42.0 Å². The highest BCUT2D eigenvalue weighted by Crippen LogP contribution is 2.24. The maximum absolute atomic E-state index is 13.1. The van der Waals surface area contributed by atoms with E-state index in [0.29, 0.717) is 11.1 Å². The molecule has 0 aliphatic carbocycles. The number of halogens is 2. The van der Waals surface area contributed by atoms with E-state index in [4.69, 9.17) is 5.73 Å². The number of benzene rings is 2. The zero-order chi connectivity index (χ0) is 9.42. The number of nitrogens with two attached hydrogens (primary N) is 1. The highest BCUT2D eigenvalue weighted by molar-refractivity contribution is 5.93. The molecule has 0 amide bonds. The average Bonchev–Trinajstić information content (AvgIpc) is 2.12. The van der Waals surface area contributed by atoms with Crippen molar-refractivity contribution < 1.29 is 8.78 Å². The molecular formula is C10H7F2N. The van der Waals surface area contributed by atoms with Gasteiger partial charge in [-0.15, -0.1) is 0 Å². The van der Waals surface area contributed by atoms with Crippen LogP contribution in [0.15, 0.2) is 30.3 Å². The Balaban J connectivity index is 2.92. The lowest BCUT2D eigenvalue weighted by Gasteiger charge is -2.02. The van der Waals surface area contributed by atoms with Crippen molar-refractivity contribution in [1.82, 2.24) is 0 Å². The zero-order valence-corrected chi connectivity index (χ0v) is 6.72.